The molecular weight excluding hydrogens is 468 g/mol. The van der Waals surface area contributed by atoms with Crippen molar-refractivity contribution in [3.05, 3.63) is 77.5 Å². The van der Waals surface area contributed by atoms with Crippen LogP contribution in [0.4, 0.5) is 5.69 Å². The summed E-state index contributed by atoms with van der Waals surface area (Å²) in [5.41, 5.74) is 5.18. The molecule has 37 heavy (non-hydrogen) atoms. The maximum atomic E-state index is 13.5. The predicted octanol–water partition coefficient (Wildman–Crippen LogP) is 4.14. The molecule has 2 aliphatic rings. The summed E-state index contributed by atoms with van der Waals surface area (Å²) in [6.45, 7) is 1.03. The standard InChI is InChI=1S/C29H26N4O4/c1-37-24-17-32-26(20-7-9-21(34)10-8-20)27-25(24)23(16-31-27)28(35)29(36)33-13-11-19(12-14-33)22(15-30)18-5-3-2-4-6-18/h2-10,17,23,31,34H,11-14,16H2,1H3. The van der Waals surface area contributed by atoms with Gasteiger partial charge in [0.25, 0.3) is 5.91 Å². The lowest BCUT2D eigenvalue weighted by Gasteiger charge is -2.29. The molecule has 8 heteroatoms. The van der Waals surface area contributed by atoms with Crippen molar-refractivity contribution in [2.75, 3.05) is 32.1 Å². The highest BCUT2D eigenvalue weighted by atomic mass is 16.5. The molecule has 0 saturated carbocycles. The second-order valence-electron chi connectivity index (χ2n) is 9.06. The van der Waals surface area contributed by atoms with Gasteiger partial charge in [0.2, 0.25) is 5.78 Å². The van der Waals surface area contributed by atoms with Crippen LogP contribution in [0.15, 0.2) is 66.4 Å². The number of hydrogen-bond donors (Lipinski definition) is 2. The summed E-state index contributed by atoms with van der Waals surface area (Å²) in [7, 11) is 1.51. The Morgan fingerprint density at radius 2 is 1.81 bits per heavy atom. The van der Waals surface area contributed by atoms with Crippen LogP contribution in [0.2, 0.25) is 0 Å². The third kappa shape index (κ3) is 4.52. The molecule has 1 amide bonds. The molecule has 1 atom stereocenters. The molecule has 2 aromatic carbocycles. The van der Waals surface area contributed by atoms with Crippen LogP contribution in [0.1, 0.15) is 29.9 Å². The zero-order valence-electron chi connectivity index (χ0n) is 20.4. The number of nitrogens with one attached hydrogen (secondary N) is 1. The van der Waals surface area contributed by atoms with Crippen LogP contribution >= 0.6 is 0 Å². The summed E-state index contributed by atoms with van der Waals surface area (Å²) in [5.74, 6) is -1.14. The summed E-state index contributed by atoms with van der Waals surface area (Å²) in [5, 5.41) is 22.6. The molecule has 5 rings (SSSR count). The molecule has 0 spiro atoms. The summed E-state index contributed by atoms with van der Waals surface area (Å²) in [6, 6.07) is 18.5. The SMILES string of the molecule is COc1cnc(-c2ccc(O)cc2)c2c1C(C(=O)C(=O)N1CCC(=C(C#N)c3ccccc3)CC1)CN2. The van der Waals surface area contributed by atoms with Crippen molar-refractivity contribution in [1.29, 1.82) is 5.26 Å². The van der Waals surface area contributed by atoms with Crippen LogP contribution in [0.25, 0.3) is 16.8 Å². The average Bonchev–Trinajstić information content (AvgIpc) is 3.39. The first-order chi connectivity index (χ1) is 18.0. The number of phenols is 1. The van der Waals surface area contributed by atoms with E-state index in [9.17, 15) is 20.0 Å². The Labute approximate surface area is 214 Å². The first-order valence-electron chi connectivity index (χ1n) is 12.1. The molecule has 3 heterocycles. The Morgan fingerprint density at radius 3 is 2.46 bits per heavy atom. The molecule has 0 aliphatic carbocycles. The van der Waals surface area contributed by atoms with Crippen molar-refractivity contribution >= 4 is 23.0 Å². The number of rotatable bonds is 5. The van der Waals surface area contributed by atoms with E-state index in [-0.39, 0.29) is 12.3 Å². The lowest BCUT2D eigenvalue weighted by atomic mass is 9.92. The highest BCUT2D eigenvalue weighted by Gasteiger charge is 2.39. The van der Waals surface area contributed by atoms with E-state index in [1.54, 1.807) is 35.4 Å². The first kappa shape index (κ1) is 24.1. The largest absolute Gasteiger partial charge is 0.508 e. The molecule has 3 aromatic rings. The van der Waals surface area contributed by atoms with Gasteiger partial charge in [0.15, 0.2) is 0 Å². The van der Waals surface area contributed by atoms with E-state index in [1.165, 1.54) is 7.11 Å². The summed E-state index contributed by atoms with van der Waals surface area (Å²) >= 11 is 0. The number of fused-ring (bicyclic) bond motifs is 1. The van der Waals surface area contributed by atoms with Gasteiger partial charge in [-0.2, -0.15) is 5.26 Å². The van der Waals surface area contributed by atoms with E-state index < -0.39 is 17.6 Å². The normalized spacial score (nSPS) is 16.4. The summed E-state index contributed by atoms with van der Waals surface area (Å²) < 4.78 is 5.51. The number of piperidine rings is 1. The van der Waals surface area contributed by atoms with Crippen LogP contribution in [-0.2, 0) is 9.59 Å². The van der Waals surface area contributed by atoms with Gasteiger partial charge in [-0.05, 0) is 48.2 Å². The fourth-order valence-corrected chi connectivity index (χ4v) is 5.05. The van der Waals surface area contributed by atoms with E-state index in [0.717, 1.165) is 16.7 Å². The van der Waals surface area contributed by atoms with Crippen LogP contribution in [-0.4, -0.2) is 53.4 Å². The number of anilines is 1. The van der Waals surface area contributed by atoms with Gasteiger partial charge in [-0.15, -0.1) is 0 Å². The molecule has 1 saturated heterocycles. The Balaban J connectivity index is 1.36. The molecule has 1 unspecified atom stereocenters. The zero-order chi connectivity index (χ0) is 25.9. The van der Waals surface area contributed by atoms with Crippen molar-refractivity contribution in [3.8, 4) is 28.8 Å². The van der Waals surface area contributed by atoms with E-state index in [1.807, 2.05) is 30.3 Å². The van der Waals surface area contributed by atoms with Crippen LogP contribution < -0.4 is 10.1 Å². The van der Waals surface area contributed by atoms with Gasteiger partial charge in [0.1, 0.15) is 11.5 Å². The number of aromatic hydroxyl groups is 1. The molecule has 1 aromatic heterocycles. The maximum absolute atomic E-state index is 13.5. The number of nitrogens with zero attached hydrogens (tertiary/aromatic N) is 3. The van der Waals surface area contributed by atoms with E-state index >= 15 is 0 Å². The van der Waals surface area contributed by atoms with Gasteiger partial charge < -0.3 is 20.1 Å². The minimum absolute atomic E-state index is 0.144. The number of amides is 1. The van der Waals surface area contributed by atoms with Gasteiger partial charge in [-0.1, -0.05) is 30.3 Å². The van der Waals surface area contributed by atoms with Crippen LogP contribution in [0, 0.1) is 11.3 Å². The Kier molecular flexibility index (Phi) is 6.60. The number of pyridine rings is 1. The first-order valence-corrected chi connectivity index (χ1v) is 12.1. The highest BCUT2D eigenvalue weighted by molar-refractivity contribution is 6.38. The quantitative estimate of drug-likeness (QED) is 0.405. The zero-order valence-corrected chi connectivity index (χ0v) is 20.4. The summed E-state index contributed by atoms with van der Waals surface area (Å²) in [4.78, 5) is 32.8. The highest BCUT2D eigenvalue weighted by Crippen LogP contribution is 2.44. The van der Waals surface area contributed by atoms with Crippen LogP contribution in [0.5, 0.6) is 11.5 Å². The number of ketones is 1. The number of methoxy groups -OCH3 is 1. The molecule has 2 N–H and O–H groups in total. The van der Waals surface area contributed by atoms with Crippen molar-refractivity contribution in [3.63, 3.8) is 0 Å². The minimum atomic E-state index is -0.702. The van der Waals surface area contributed by atoms with Crippen molar-refractivity contribution in [2.24, 2.45) is 0 Å². The molecule has 186 valence electrons. The van der Waals surface area contributed by atoms with Gasteiger partial charge in [0.05, 0.1) is 42.2 Å². The minimum Gasteiger partial charge on any atom is -0.508 e. The van der Waals surface area contributed by atoms with Gasteiger partial charge in [-0.25, -0.2) is 0 Å². The van der Waals surface area contributed by atoms with Crippen molar-refractivity contribution < 1.29 is 19.4 Å². The Hall–Kier alpha value is -4.64. The van der Waals surface area contributed by atoms with Gasteiger partial charge in [0, 0.05) is 30.8 Å². The number of Topliss-reactive ketones (excluding diaryl/α,β-unsaturated/α-hetero) is 1. The number of likely N-dealkylation sites (tertiary alicyclic amines) is 1. The molecule has 2 aliphatic heterocycles. The summed E-state index contributed by atoms with van der Waals surface area (Å²) in [6.07, 6.45) is 2.66. The second-order valence-corrected chi connectivity index (χ2v) is 9.06. The fraction of sp³-hybridized carbons (Fsp3) is 0.241. The number of hydrogen-bond acceptors (Lipinski definition) is 7. The monoisotopic (exact) mass is 494 g/mol. The number of nitriles is 1. The number of ether oxygens (including phenoxy) is 1. The van der Waals surface area contributed by atoms with E-state index in [0.29, 0.717) is 54.2 Å². The number of phenolic OH excluding ortho intramolecular Hbond substituents is 1. The predicted molar refractivity (Wildman–Crippen MR) is 139 cm³/mol. The molecule has 8 nitrogen and oxygen atoms in total. The molecule has 1 fully saturated rings. The smallest absolute Gasteiger partial charge is 0.290 e. The fourth-order valence-electron chi connectivity index (χ4n) is 5.05. The number of carbonyl (C=O) groups is 2. The van der Waals surface area contributed by atoms with E-state index in [2.05, 4.69) is 16.4 Å². The molecular formula is C29H26N4O4. The third-order valence-corrected chi connectivity index (χ3v) is 6.98. The molecule has 0 bridgehead atoms. The number of allylic oxidation sites excluding steroid dienone is 1. The number of aromatic nitrogens is 1. The van der Waals surface area contributed by atoms with Gasteiger partial charge >= 0.3 is 0 Å². The Bertz CT molecular complexity index is 1410. The maximum Gasteiger partial charge on any atom is 0.290 e. The topological polar surface area (TPSA) is 116 Å². The second kappa shape index (κ2) is 10.2. The number of carbonyl (C=O) groups excluding carboxylic acids is 2. The van der Waals surface area contributed by atoms with E-state index in [4.69, 9.17) is 4.74 Å². The van der Waals surface area contributed by atoms with Crippen molar-refractivity contribution in [1.82, 2.24) is 9.88 Å². The number of benzene rings is 2. The Morgan fingerprint density at radius 1 is 1.11 bits per heavy atom. The third-order valence-electron chi connectivity index (χ3n) is 6.98. The molecule has 0 radical (unpaired) electrons. The van der Waals surface area contributed by atoms with Crippen molar-refractivity contribution in [2.45, 2.75) is 18.8 Å². The van der Waals surface area contributed by atoms with Gasteiger partial charge in [-0.3, -0.25) is 14.6 Å². The average molecular weight is 495 g/mol. The lowest BCUT2D eigenvalue weighted by Crippen LogP contribution is -2.42. The lowest BCUT2D eigenvalue weighted by molar-refractivity contribution is -0.145. The van der Waals surface area contributed by atoms with Crippen LogP contribution in [0.3, 0.4) is 0 Å².